The zero-order valence-electron chi connectivity index (χ0n) is 16.3. The van der Waals surface area contributed by atoms with E-state index in [2.05, 4.69) is 5.32 Å². The van der Waals surface area contributed by atoms with E-state index in [1.807, 2.05) is 0 Å². The molecule has 2 bridgehead atoms. The zero-order chi connectivity index (χ0) is 21.6. The van der Waals surface area contributed by atoms with E-state index < -0.39 is 29.4 Å². The molecular formula is C20H21N3O7. The number of hydrogen-bond acceptors (Lipinski definition) is 7. The molecular weight excluding hydrogens is 394 g/mol. The molecule has 1 N–H and O–H groups in total. The predicted molar refractivity (Wildman–Crippen MR) is 102 cm³/mol. The minimum atomic E-state index is -1.11. The molecule has 1 aromatic carbocycles. The first-order chi connectivity index (χ1) is 14.3. The van der Waals surface area contributed by atoms with Crippen LogP contribution in [0.3, 0.4) is 0 Å². The van der Waals surface area contributed by atoms with E-state index in [4.69, 9.17) is 4.74 Å². The third-order valence-electron chi connectivity index (χ3n) is 6.38. The van der Waals surface area contributed by atoms with Crippen LogP contribution >= 0.6 is 0 Å². The van der Waals surface area contributed by atoms with Crippen LogP contribution in [0.15, 0.2) is 24.3 Å². The van der Waals surface area contributed by atoms with Gasteiger partial charge in [0, 0.05) is 17.8 Å². The number of fused-ring (bicyclic) bond motifs is 5. The van der Waals surface area contributed by atoms with E-state index in [1.54, 1.807) is 0 Å². The molecule has 0 spiro atoms. The molecule has 1 aliphatic heterocycles. The SMILES string of the molecule is C[C@H](C(=O)OCC(=O)Nc1cccc([N+](=O)[O-])c1)N1C(=O)[C@@H]2[C@H]3CC[C@@H](C3)[C@H]2C1=O. The molecule has 0 radical (unpaired) electrons. The summed E-state index contributed by atoms with van der Waals surface area (Å²) in [5.74, 6) is -2.41. The molecule has 2 aliphatic carbocycles. The number of hydrogen-bond donors (Lipinski definition) is 1. The average molecular weight is 415 g/mol. The van der Waals surface area contributed by atoms with Gasteiger partial charge in [0.2, 0.25) is 11.8 Å². The minimum Gasteiger partial charge on any atom is -0.454 e. The molecule has 4 rings (SSSR count). The zero-order valence-corrected chi connectivity index (χ0v) is 16.3. The van der Waals surface area contributed by atoms with Crippen LogP contribution in [0, 0.1) is 33.8 Å². The molecule has 0 aromatic heterocycles. The first kappa shape index (κ1) is 20.0. The second-order valence-electron chi connectivity index (χ2n) is 8.07. The Morgan fingerprint density at radius 1 is 1.23 bits per heavy atom. The maximum atomic E-state index is 12.8. The number of amides is 3. The summed E-state index contributed by atoms with van der Waals surface area (Å²) >= 11 is 0. The van der Waals surface area contributed by atoms with Crippen LogP contribution in [0.4, 0.5) is 11.4 Å². The van der Waals surface area contributed by atoms with Crippen LogP contribution in [-0.4, -0.2) is 46.2 Å². The lowest BCUT2D eigenvalue weighted by Gasteiger charge is -2.23. The standard InChI is InChI=1S/C20H21N3O7/c1-10(22-18(25)16-11-5-6-12(7-11)17(16)19(22)26)20(27)30-9-15(24)21-13-3-2-4-14(8-13)23(28)29/h2-4,8,10-12,16-17H,5-7,9H2,1H3,(H,21,24)/t10-,11+,12+,16-,17-/m1/s1. The highest BCUT2D eigenvalue weighted by Gasteiger charge is 2.62. The van der Waals surface area contributed by atoms with Crippen molar-refractivity contribution in [1.29, 1.82) is 0 Å². The fraction of sp³-hybridized carbons (Fsp3) is 0.500. The van der Waals surface area contributed by atoms with Crippen LogP contribution < -0.4 is 5.32 Å². The normalized spacial score (nSPS) is 27.7. The Bertz CT molecular complexity index is 918. The van der Waals surface area contributed by atoms with Gasteiger partial charge in [0.25, 0.3) is 11.6 Å². The molecule has 3 aliphatic rings. The van der Waals surface area contributed by atoms with E-state index in [0.717, 1.165) is 24.2 Å². The van der Waals surface area contributed by atoms with Gasteiger partial charge in [0.15, 0.2) is 6.61 Å². The quantitative estimate of drug-likeness (QED) is 0.322. The van der Waals surface area contributed by atoms with E-state index >= 15 is 0 Å². The van der Waals surface area contributed by atoms with Gasteiger partial charge in [-0.2, -0.15) is 0 Å². The van der Waals surface area contributed by atoms with Crippen molar-refractivity contribution < 1.29 is 28.8 Å². The number of esters is 1. The van der Waals surface area contributed by atoms with E-state index in [0.29, 0.717) is 0 Å². The molecule has 5 atom stereocenters. The molecule has 10 nitrogen and oxygen atoms in total. The van der Waals surface area contributed by atoms with E-state index in [9.17, 15) is 29.3 Å². The summed E-state index contributed by atoms with van der Waals surface area (Å²) in [6, 6.07) is 4.22. The lowest BCUT2D eigenvalue weighted by atomic mass is 9.81. The number of non-ortho nitro benzene ring substituents is 1. The first-order valence-electron chi connectivity index (χ1n) is 9.85. The molecule has 10 heteroatoms. The molecule has 158 valence electrons. The third kappa shape index (κ3) is 3.31. The van der Waals surface area contributed by atoms with Crippen molar-refractivity contribution in [2.75, 3.05) is 11.9 Å². The summed E-state index contributed by atoms with van der Waals surface area (Å²) in [5, 5.41) is 13.2. The second-order valence-corrected chi connectivity index (χ2v) is 8.07. The Hall–Kier alpha value is -3.30. The van der Waals surface area contributed by atoms with Gasteiger partial charge in [-0.1, -0.05) is 6.07 Å². The van der Waals surface area contributed by atoms with Crippen molar-refractivity contribution in [3.63, 3.8) is 0 Å². The maximum absolute atomic E-state index is 12.8. The Labute approximate surface area is 171 Å². The third-order valence-corrected chi connectivity index (χ3v) is 6.38. The summed E-state index contributed by atoms with van der Waals surface area (Å²) in [6.07, 6.45) is 2.78. The van der Waals surface area contributed by atoms with Crippen molar-refractivity contribution in [3.05, 3.63) is 34.4 Å². The Morgan fingerprint density at radius 2 is 1.87 bits per heavy atom. The fourth-order valence-electron chi connectivity index (χ4n) is 5.07. The molecule has 0 unspecified atom stereocenters. The Balaban J connectivity index is 1.33. The number of carbonyl (C=O) groups excluding carboxylic acids is 4. The average Bonchev–Trinajstić information content (AvgIpc) is 3.39. The van der Waals surface area contributed by atoms with Gasteiger partial charge in [-0.3, -0.25) is 29.4 Å². The number of benzene rings is 1. The second kappa shape index (κ2) is 7.51. The lowest BCUT2D eigenvalue weighted by molar-refractivity contribution is -0.384. The molecule has 2 saturated carbocycles. The van der Waals surface area contributed by atoms with Gasteiger partial charge in [0.05, 0.1) is 16.8 Å². The van der Waals surface area contributed by atoms with E-state index in [-0.39, 0.29) is 46.9 Å². The van der Waals surface area contributed by atoms with Crippen LogP contribution in [0.1, 0.15) is 26.2 Å². The Morgan fingerprint density at radius 3 is 2.47 bits per heavy atom. The summed E-state index contributed by atoms with van der Waals surface area (Å²) in [7, 11) is 0. The van der Waals surface area contributed by atoms with E-state index in [1.165, 1.54) is 31.2 Å². The van der Waals surface area contributed by atoms with Crippen molar-refractivity contribution in [3.8, 4) is 0 Å². The van der Waals surface area contributed by atoms with Gasteiger partial charge in [-0.05, 0) is 44.1 Å². The molecule has 3 fully saturated rings. The van der Waals surface area contributed by atoms with Gasteiger partial charge < -0.3 is 10.1 Å². The predicted octanol–water partition coefficient (Wildman–Crippen LogP) is 1.50. The topological polar surface area (TPSA) is 136 Å². The molecule has 1 aromatic rings. The number of nitrogens with zero attached hydrogens (tertiary/aromatic N) is 2. The monoisotopic (exact) mass is 415 g/mol. The number of imide groups is 1. The van der Waals surface area contributed by atoms with Crippen LogP contribution in [0.5, 0.6) is 0 Å². The number of nitro benzene ring substituents is 1. The van der Waals surface area contributed by atoms with Crippen molar-refractivity contribution in [2.45, 2.75) is 32.2 Å². The van der Waals surface area contributed by atoms with Gasteiger partial charge >= 0.3 is 5.97 Å². The number of nitro groups is 1. The minimum absolute atomic E-state index is 0.187. The number of carbonyl (C=O) groups is 4. The number of anilines is 1. The molecule has 3 amide bonds. The number of nitrogens with one attached hydrogen (secondary N) is 1. The smallest absolute Gasteiger partial charge is 0.329 e. The highest BCUT2D eigenvalue weighted by Crippen LogP contribution is 2.56. The van der Waals surface area contributed by atoms with Gasteiger partial charge in [-0.25, -0.2) is 4.79 Å². The van der Waals surface area contributed by atoms with Crippen LogP contribution in [-0.2, 0) is 23.9 Å². The highest BCUT2D eigenvalue weighted by molar-refractivity contribution is 6.08. The largest absolute Gasteiger partial charge is 0.454 e. The van der Waals surface area contributed by atoms with Crippen molar-refractivity contribution in [2.24, 2.45) is 23.7 Å². The summed E-state index contributed by atoms with van der Waals surface area (Å²) in [4.78, 5) is 61.1. The lowest BCUT2D eigenvalue weighted by Crippen LogP contribution is -2.45. The number of rotatable bonds is 6. The summed E-state index contributed by atoms with van der Waals surface area (Å²) in [6.45, 7) is 0.778. The molecule has 30 heavy (non-hydrogen) atoms. The van der Waals surface area contributed by atoms with Gasteiger partial charge in [0.1, 0.15) is 6.04 Å². The van der Waals surface area contributed by atoms with Crippen molar-refractivity contribution in [1.82, 2.24) is 4.90 Å². The summed E-state index contributed by atoms with van der Waals surface area (Å²) in [5.41, 5.74) is -0.00418. The Kier molecular flexibility index (Phi) is 5.00. The number of likely N-dealkylation sites (tertiary alicyclic amines) is 1. The highest BCUT2D eigenvalue weighted by atomic mass is 16.6. The van der Waals surface area contributed by atoms with Gasteiger partial charge in [-0.15, -0.1) is 0 Å². The maximum Gasteiger partial charge on any atom is 0.329 e. The summed E-state index contributed by atoms with van der Waals surface area (Å²) < 4.78 is 4.99. The number of ether oxygens (including phenoxy) is 1. The molecule has 1 saturated heterocycles. The fourth-order valence-corrected chi connectivity index (χ4v) is 5.07. The first-order valence-corrected chi connectivity index (χ1v) is 9.85. The van der Waals surface area contributed by atoms with Crippen LogP contribution in [0.25, 0.3) is 0 Å². The van der Waals surface area contributed by atoms with Crippen molar-refractivity contribution >= 4 is 35.1 Å². The van der Waals surface area contributed by atoms with Crippen LogP contribution in [0.2, 0.25) is 0 Å². The molecule has 1 heterocycles.